The maximum atomic E-state index is 13.1. The van der Waals surface area contributed by atoms with Crippen LogP contribution in [0.5, 0.6) is 0 Å². The van der Waals surface area contributed by atoms with E-state index in [2.05, 4.69) is 20.3 Å². The highest BCUT2D eigenvalue weighted by Gasteiger charge is 2.18. The summed E-state index contributed by atoms with van der Waals surface area (Å²) in [6.45, 7) is 6.20. The van der Waals surface area contributed by atoms with Crippen molar-refractivity contribution in [3.63, 3.8) is 0 Å². The number of halogens is 1. The van der Waals surface area contributed by atoms with Crippen LogP contribution >= 0.6 is 0 Å². The van der Waals surface area contributed by atoms with Gasteiger partial charge in [0.2, 0.25) is 0 Å². The SMILES string of the molecule is O=[N+]([O-])c1ccccc1-c1cc(CNCCCN2CCN(c3ccc(F)cc3)CC2)on1. The van der Waals surface area contributed by atoms with Gasteiger partial charge in [0.05, 0.1) is 17.0 Å². The molecule has 0 amide bonds. The smallest absolute Gasteiger partial charge is 0.278 e. The predicted octanol–water partition coefficient (Wildman–Crippen LogP) is 3.69. The summed E-state index contributed by atoms with van der Waals surface area (Å²) in [5.41, 5.74) is 2.00. The van der Waals surface area contributed by atoms with E-state index in [9.17, 15) is 14.5 Å². The van der Waals surface area contributed by atoms with Crippen LogP contribution in [0.3, 0.4) is 0 Å². The number of nitro groups is 1. The molecule has 0 bridgehead atoms. The second-order valence-electron chi connectivity index (χ2n) is 7.79. The van der Waals surface area contributed by atoms with E-state index in [0.717, 1.165) is 51.4 Å². The molecule has 1 saturated heterocycles. The number of nitrogens with one attached hydrogen (secondary N) is 1. The third-order valence-electron chi connectivity index (χ3n) is 5.63. The van der Waals surface area contributed by atoms with Gasteiger partial charge in [-0.15, -0.1) is 0 Å². The highest BCUT2D eigenvalue weighted by atomic mass is 19.1. The number of rotatable bonds is 9. The molecule has 168 valence electrons. The topological polar surface area (TPSA) is 87.7 Å². The molecule has 0 radical (unpaired) electrons. The van der Waals surface area contributed by atoms with Crippen molar-refractivity contribution in [1.82, 2.24) is 15.4 Å². The van der Waals surface area contributed by atoms with Crippen LogP contribution in [0, 0.1) is 15.9 Å². The van der Waals surface area contributed by atoms with Crippen LogP contribution in [0.2, 0.25) is 0 Å². The molecule has 1 aliphatic heterocycles. The van der Waals surface area contributed by atoms with Crippen LogP contribution in [0.15, 0.2) is 59.1 Å². The monoisotopic (exact) mass is 439 g/mol. The first-order valence-corrected chi connectivity index (χ1v) is 10.7. The summed E-state index contributed by atoms with van der Waals surface area (Å²) in [5.74, 6) is 0.439. The van der Waals surface area contributed by atoms with E-state index in [1.807, 2.05) is 12.1 Å². The Labute approximate surface area is 185 Å². The van der Waals surface area contributed by atoms with Crippen molar-refractivity contribution >= 4 is 11.4 Å². The number of para-hydroxylation sites is 1. The number of anilines is 1. The molecule has 3 aromatic rings. The second-order valence-corrected chi connectivity index (χ2v) is 7.79. The molecule has 0 aliphatic carbocycles. The van der Waals surface area contributed by atoms with Crippen molar-refractivity contribution in [3.8, 4) is 11.3 Å². The summed E-state index contributed by atoms with van der Waals surface area (Å²) < 4.78 is 18.4. The minimum Gasteiger partial charge on any atom is -0.369 e. The Kier molecular flexibility index (Phi) is 7.08. The summed E-state index contributed by atoms with van der Waals surface area (Å²) in [6, 6.07) is 14.9. The Morgan fingerprint density at radius 3 is 2.59 bits per heavy atom. The van der Waals surface area contributed by atoms with Gasteiger partial charge in [-0.25, -0.2) is 4.39 Å². The van der Waals surface area contributed by atoms with E-state index in [-0.39, 0.29) is 11.5 Å². The van der Waals surface area contributed by atoms with Gasteiger partial charge in [-0.2, -0.15) is 0 Å². The Hall–Kier alpha value is -3.30. The maximum absolute atomic E-state index is 13.1. The molecule has 2 aromatic carbocycles. The molecule has 1 fully saturated rings. The van der Waals surface area contributed by atoms with Gasteiger partial charge in [0.25, 0.3) is 5.69 Å². The Morgan fingerprint density at radius 2 is 1.84 bits per heavy atom. The molecule has 0 saturated carbocycles. The molecule has 8 nitrogen and oxygen atoms in total. The number of hydrogen-bond acceptors (Lipinski definition) is 7. The van der Waals surface area contributed by atoms with Crippen molar-refractivity contribution < 1.29 is 13.8 Å². The molecule has 0 unspecified atom stereocenters. The minimum absolute atomic E-state index is 0.0137. The van der Waals surface area contributed by atoms with Crippen molar-refractivity contribution in [1.29, 1.82) is 0 Å². The van der Waals surface area contributed by atoms with Gasteiger partial charge in [0.15, 0.2) is 5.76 Å². The van der Waals surface area contributed by atoms with Gasteiger partial charge in [-0.1, -0.05) is 17.3 Å². The lowest BCUT2D eigenvalue weighted by Crippen LogP contribution is -2.47. The summed E-state index contributed by atoms with van der Waals surface area (Å²) in [6.07, 6.45) is 1.00. The number of aromatic nitrogens is 1. The molecule has 0 spiro atoms. The molecular formula is C23H26FN5O3. The number of benzene rings is 2. The van der Waals surface area contributed by atoms with Crippen LogP contribution < -0.4 is 10.2 Å². The average molecular weight is 439 g/mol. The van der Waals surface area contributed by atoms with E-state index >= 15 is 0 Å². The quantitative estimate of drug-likeness (QED) is 0.309. The lowest BCUT2D eigenvalue weighted by Gasteiger charge is -2.36. The maximum Gasteiger partial charge on any atom is 0.278 e. The molecule has 1 aromatic heterocycles. The lowest BCUT2D eigenvalue weighted by molar-refractivity contribution is -0.384. The highest BCUT2D eigenvalue weighted by molar-refractivity contribution is 5.70. The van der Waals surface area contributed by atoms with Crippen LogP contribution in [-0.2, 0) is 6.54 Å². The van der Waals surface area contributed by atoms with Crippen molar-refractivity contribution in [2.45, 2.75) is 13.0 Å². The summed E-state index contributed by atoms with van der Waals surface area (Å²) >= 11 is 0. The van der Waals surface area contributed by atoms with Crippen molar-refractivity contribution in [3.05, 3.63) is 76.3 Å². The van der Waals surface area contributed by atoms with Gasteiger partial charge >= 0.3 is 0 Å². The fourth-order valence-electron chi connectivity index (χ4n) is 3.89. The summed E-state index contributed by atoms with van der Waals surface area (Å²) in [5, 5.41) is 18.5. The van der Waals surface area contributed by atoms with E-state index in [1.165, 1.54) is 18.2 Å². The minimum atomic E-state index is -0.415. The first-order valence-electron chi connectivity index (χ1n) is 10.7. The number of nitro benzene ring substituents is 1. The largest absolute Gasteiger partial charge is 0.369 e. The second kappa shape index (κ2) is 10.3. The molecule has 32 heavy (non-hydrogen) atoms. The van der Waals surface area contributed by atoms with Crippen LogP contribution in [-0.4, -0.2) is 54.2 Å². The Bertz CT molecular complexity index is 1030. The molecule has 1 aliphatic rings. The fraction of sp³-hybridized carbons (Fsp3) is 0.348. The first kappa shape index (κ1) is 21.9. The zero-order valence-corrected chi connectivity index (χ0v) is 17.7. The van der Waals surface area contributed by atoms with Crippen LogP contribution in [0.1, 0.15) is 12.2 Å². The summed E-state index contributed by atoms with van der Waals surface area (Å²) in [4.78, 5) is 15.5. The zero-order valence-electron chi connectivity index (χ0n) is 17.7. The zero-order chi connectivity index (χ0) is 22.3. The standard InChI is InChI=1S/C23H26FN5O3/c24-18-6-8-19(9-7-18)28-14-12-27(13-15-28)11-3-10-25-17-20-16-22(26-32-20)21-4-1-2-5-23(21)29(30)31/h1-2,4-9,16,25H,3,10-15,17H2. The van der Waals surface area contributed by atoms with Crippen LogP contribution in [0.25, 0.3) is 11.3 Å². The average Bonchev–Trinajstić information content (AvgIpc) is 3.29. The number of piperazine rings is 1. The molecule has 4 rings (SSSR count). The Morgan fingerprint density at radius 1 is 1.09 bits per heavy atom. The molecule has 9 heteroatoms. The van der Waals surface area contributed by atoms with Crippen molar-refractivity contribution in [2.75, 3.05) is 44.2 Å². The van der Waals surface area contributed by atoms with Gasteiger partial charge in [-0.05, 0) is 49.8 Å². The number of nitrogens with zero attached hydrogens (tertiary/aromatic N) is 4. The molecule has 2 heterocycles. The van der Waals surface area contributed by atoms with Gasteiger partial charge in [-0.3, -0.25) is 15.0 Å². The summed E-state index contributed by atoms with van der Waals surface area (Å²) in [7, 11) is 0. The Balaban J connectivity index is 1.16. The molecule has 1 N–H and O–H groups in total. The normalized spacial score (nSPS) is 14.6. The van der Waals surface area contributed by atoms with Gasteiger partial charge < -0.3 is 14.7 Å². The van der Waals surface area contributed by atoms with E-state index < -0.39 is 4.92 Å². The predicted molar refractivity (Wildman–Crippen MR) is 120 cm³/mol. The molecular weight excluding hydrogens is 413 g/mol. The van der Waals surface area contributed by atoms with Crippen molar-refractivity contribution in [2.24, 2.45) is 0 Å². The third kappa shape index (κ3) is 5.49. The van der Waals surface area contributed by atoms with Gasteiger partial charge in [0.1, 0.15) is 11.5 Å². The molecule has 0 atom stereocenters. The van der Waals surface area contributed by atoms with Gasteiger partial charge in [0, 0.05) is 44.0 Å². The number of hydrogen-bond donors (Lipinski definition) is 1. The lowest BCUT2D eigenvalue weighted by atomic mass is 10.1. The fourth-order valence-corrected chi connectivity index (χ4v) is 3.89. The van der Waals surface area contributed by atoms with E-state index in [1.54, 1.807) is 24.3 Å². The van der Waals surface area contributed by atoms with E-state index in [0.29, 0.717) is 23.6 Å². The third-order valence-corrected chi connectivity index (χ3v) is 5.63. The van der Waals surface area contributed by atoms with E-state index in [4.69, 9.17) is 4.52 Å². The van der Waals surface area contributed by atoms with Crippen LogP contribution in [0.4, 0.5) is 15.8 Å². The highest BCUT2D eigenvalue weighted by Crippen LogP contribution is 2.28. The first-order chi connectivity index (χ1) is 15.6.